The van der Waals surface area contributed by atoms with Gasteiger partial charge in [-0.25, -0.2) is 0 Å². The summed E-state index contributed by atoms with van der Waals surface area (Å²) in [6.45, 7) is 7.86. The monoisotopic (exact) mass is 412 g/mol. The normalized spacial score (nSPS) is 10.8. The third-order valence-corrected chi connectivity index (χ3v) is 5.37. The molecular weight excluding hydrogens is 382 g/mol. The Kier molecular flexibility index (Phi) is 11.6. The average Bonchev–Trinajstić information content (AvgIpc) is 2.63. The van der Waals surface area contributed by atoms with Crippen LogP contribution in [0.3, 0.4) is 0 Å². The van der Waals surface area contributed by atoms with E-state index in [1.807, 2.05) is 51.1 Å². The third kappa shape index (κ3) is 7.77. The third-order valence-electron chi connectivity index (χ3n) is 4.21. The maximum atomic E-state index is 13.0. The summed E-state index contributed by atoms with van der Waals surface area (Å²) < 4.78 is 21.6. The van der Waals surface area contributed by atoms with Gasteiger partial charge in [0.15, 0.2) is 5.52 Å². The molecule has 0 aliphatic heterocycles. The number of carbonyl (C=O) groups is 1. The molecule has 0 fully saturated rings. The minimum atomic E-state index is -0.0302. The van der Waals surface area contributed by atoms with E-state index in [1.165, 1.54) is 0 Å². The Morgan fingerprint density at radius 2 is 1.48 bits per heavy atom. The number of benzene rings is 2. The molecule has 0 radical (unpaired) electrons. The smallest absolute Gasteiger partial charge is 1.00 e. The van der Waals surface area contributed by atoms with Gasteiger partial charge >= 0.3 is 18.9 Å². The SMILES string of the molecule is COCCOc1ccc(PC(=O)c2c(C)cc(C)cc2C)c(OCCOC)c1.[H-].[Li+]. The van der Waals surface area contributed by atoms with Crippen molar-refractivity contribution in [3.63, 3.8) is 0 Å². The van der Waals surface area contributed by atoms with Gasteiger partial charge in [-0.1, -0.05) is 17.7 Å². The summed E-state index contributed by atoms with van der Waals surface area (Å²) in [5.74, 6) is 1.34. The van der Waals surface area contributed by atoms with Gasteiger partial charge in [0.25, 0.3) is 0 Å². The molecule has 0 spiro atoms. The fourth-order valence-electron chi connectivity index (χ4n) is 3.02. The molecule has 2 rings (SSSR count). The Morgan fingerprint density at radius 1 is 0.897 bits per heavy atom. The second kappa shape index (κ2) is 13.1. The van der Waals surface area contributed by atoms with E-state index in [0.717, 1.165) is 27.6 Å². The van der Waals surface area contributed by atoms with Crippen LogP contribution in [0.15, 0.2) is 30.3 Å². The Labute approximate surface area is 188 Å². The standard InChI is InChI=1S/C22H29O5P.Li.H/c1-15-12-16(2)21(17(3)13-15)22(23)28-20-7-6-18(26-10-8-24-4)14-19(20)27-11-9-25-5;;/h6-7,12-14,28H,8-11H2,1-5H3;;/q;+1;-1. The molecule has 0 saturated carbocycles. The maximum absolute atomic E-state index is 13.0. The molecule has 29 heavy (non-hydrogen) atoms. The molecule has 0 heterocycles. The number of carbonyl (C=O) groups excluding carboxylic acids is 1. The van der Waals surface area contributed by atoms with E-state index >= 15 is 0 Å². The minimum absolute atomic E-state index is 0. The summed E-state index contributed by atoms with van der Waals surface area (Å²) in [7, 11) is 3.23. The van der Waals surface area contributed by atoms with E-state index in [0.29, 0.717) is 37.9 Å². The van der Waals surface area contributed by atoms with Crippen LogP contribution in [0.4, 0.5) is 0 Å². The van der Waals surface area contributed by atoms with Crippen molar-refractivity contribution >= 4 is 19.4 Å². The molecule has 2 aromatic rings. The van der Waals surface area contributed by atoms with Gasteiger partial charge in [-0.3, -0.25) is 4.79 Å². The van der Waals surface area contributed by atoms with Crippen LogP contribution in [-0.4, -0.2) is 46.2 Å². The molecule has 0 aromatic heterocycles. The van der Waals surface area contributed by atoms with Crippen molar-refractivity contribution in [1.29, 1.82) is 0 Å². The van der Waals surface area contributed by atoms with Crippen LogP contribution in [0.25, 0.3) is 0 Å². The summed E-state index contributed by atoms with van der Waals surface area (Å²) in [5, 5.41) is 0.861. The van der Waals surface area contributed by atoms with Gasteiger partial charge in [-0.15, -0.1) is 0 Å². The van der Waals surface area contributed by atoms with Crippen LogP contribution < -0.4 is 33.6 Å². The number of hydrogen-bond acceptors (Lipinski definition) is 5. The topological polar surface area (TPSA) is 54.0 Å². The zero-order chi connectivity index (χ0) is 20.5. The van der Waals surface area contributed by atoms with Crippen molar-refractivity contribution in [2.24, 2.45) is 0 Å². The summed E-state index contributed by atoms with van der Waals surface area (Å²) in [6, 6.07) is 9.69. The molecule has 2 aromatic carbocycles. The van der Waals surface area contributed by atoms with Gasteiger partial charge in [0, 0.05) is 31.2 Å². The van der Waals surface area contributed by atoms with Crippen molar-refractivity contribution in [1.82, 2.24) is 0 Å². The molecule has 1 atom stereocenters. The van der Waals surface area contributed by atoms with E-state index in [1.54, 1.807) is 14.2 Å². The van der Waals surface area contributed by atoms with Gasteiger partial charge in [-0.05, 0) is 52.6 Å². The first-order valence-electron chi connectivity index (χ1n) is 9.23. The van der Waals surface area contributed by atoms with Crippen LogP contribution in [0.2, 0.25) is 0 Å². The van der Waals surface area contributed by atoms with E-state index in [4.69, 9.17) is 18.9 Å². The molecule has 1 unspecified atom stereocenters. The molecule has 7 heteroatoms. The van der Waals surface area contributed by atoms with Crippen molar-refractivity contribution < 1.29 is 44.0 Å². The maximum Gasteiger partial charge on any atom is 1.00 e. The van der Waals surface area contributed by atoms with Crippen LogP contribution in [0, 0.1) is 20.8 Å². The molecule has 154 valence electrons. The zero-order valence-corrected chi connectivity index (χ0v) is 19.3. The molecule has 5 nitrogen and oxygen atoms in total. The van der Waals surface area contributed by atoms with E-state index in [2.05, 4.69) is 0 Å². The van der Waals surface area contributed by atoms with Crippen molar-refractivity contribution in [3.8, 4) is 11.5 Å². The largest absolute Gasteiger partial charge is 1.00 e. The van der Waals surface area contributed by atoms with Crippen LogP contribution in [0.5, 0.6) is 11.5 Å². The fourth-order valence-corrected chi connectivity index (χ4v) is 4.21. The van der Waals surface area contributed by atoms with Crippen LogP contribution in [0.1, 0.15) is 28.5 Å². The molecule has 0 amide bonds. The number of ether oxygens (including phenoxy) is 4. The Balaban J connectivity index is 0.00000420. The summed E-state index contributed by atoms with van der Waals surface area (Å²) in [6.07, 6.45) is 0. The summed E-state index contributed by atoms with van der Waals surface area (Å²) >= 11 is 0. The molecule has 0 N–H and O–H groups in total. The zero-order valence-electron chi connectivity index (χ0n) is 19.3. The molecule has 0 bridgehead atoms. The van der Waals surface area contributed by atoms with Crippen LogP contribution >= 0.6 is 8.58 Å². The van der Waals surface area contributed by atoms with Gasteiger partial charge in [0.1, 0.15) is 24.7 Å². The number of hydrogen-bond donors (Lipinski definition) is 0. The van der Waals surface area contributed by atoms with Crippen LogP contribution in [-0.2, 0) is 9.47 Å². The number of aryl methyl sites for hydroxylation is 3. The molecule has 0 aliphatic carbocycles. The number of rotatable bonds is 11. The molecular formula is C22H30LiO5P. The van der Waals surface area contributed by atoms with E-state index < -0.39 is 0 Å². The van der Waals surface area contributed by atoms with Crippen molar-refractivity contribution in [3.05, 3.63) is 52.6 Å². The fraction of sp³-hybridized carbons (Fsp3) is 0.409. The second-order valence-corrected chi connectivity index (χ2v) is 7.81. The van der Waals surface area contributed by atoms with Crippen molar-refractivity contribution in [2.45, 2.75) is 20.8 Å². The van der Waals surface area contributed by atoms with Gasteiger partial charge in [0.05, 0.1) is 13.2 Å². The predicted molar refractivity (Wildman–Crippen MR) is 115 cm³/mol. The van der Waals surface area contributed by atoms with E-state index in [9.17, 15) is 4.79 Å². The Hall–Kier alpha value is -1.34. The number of methoxy groups -OCH3 is 2. The Bertz CT molecular complexity index is 793. The second-order valence-electron chi connectivity index (χ2n) is 6.57. The molecule has 0 saturated heterocycles. The predicted octanol–water partition coefficient (Wildman–Crippen LogP) is 0.923. The first-order valence-corrected chi connectivity index (χ1v) is 10.2. The Morgan fingerprint density at radius 3 is 2.07 bits per heavy atom. The quantitative estimate of drug-likeness (QED) is 0.312. The molecule has 0 aliphatic rings. The van der Waals surface area contributed by atoms with Gasteiger partial charge < -0.3 is 20.4 Å². The van der Waals surface area contributed by atoms with Gasteiger partial charge in [-0.2, -0.15) is 0 Å². The first-order chi connectivity index (χ1) is 13.5. The minimum Gasteiger partial charge on any atom is -1.00 e. The first kappa shape index (κ1) is 25.7. The van der Waals surface area contributed by atoms with Gasteiger partial charge in [0.2, 0.25) is 0 Å². The van der Waals surface area contributed by atoms with Crippen molar-refractivity contribution in [2.75, 3.05) is 40.6 Å². The summed E-state index contributed by atoms with van der Waals surface area (Å²) in [4.78, 5) is 13.0. The van der Waals surface area contributed by atoms with E-state index in [-0.39, 0.29) is 34.4 Å². The summed E-state index contributed by atoms with van der Waals surface area (Å²) in [5.41, 5.74) is 4.09. The average molecular weight is 412 g/mol.